The van der Waals surface area contributed by atoms with Crippen LogP contribution in [0.4, 0.5) is 0 Å². The van der Waals surface area contributed by atoms with Crippen molar-refractivity contribution >= 4 is 6.29 Å². The summed E-state index contributed by atoms with van der Waals surface area (Å²) < 4.78 is 5.58. The van der Waals surface area contributed by atoms with Gasteiger partial charge < -0.3 is 4.74 Å². The van der Waals surface area contributed by atoms with Gasteiger partial charge >= 0.3 is 0 Å². The normalized spacial score (nSPS) is 13.4. The molecule has 1 atom stereocenters. The van der Waals surface area contributed by atoms with E-state index >= 15 is 0 Å². The van der Waals surface area contributed by atoms with Crippen molar-refractivity contribution in [3.63, 3.8) is 0 Å². The molecule has 0 aliphatic rings. The van der Waals surface area contributed by atoms with Gasteiger partial charge in [-0.25, -0.2) is 0 Å². The lowest BCUT2D eigenvalue weighted by Crippen LogP contribution is -2.10. The standard InChI is InChI=1S/C11H20O2/c1-3-5-10-13-11(7-4-2)8-6-9-12/h6,8-9,11H,3-5,7,10H2,1-2H3. The second-order valence-electron chi connectivity index (χ2n) is 3.07. The Labute approximate surface area is 81.0 Å². The molecule has 0 aliphatic heterocycles. The number of hydrogen-bond acceptors (Lipinski definition) is 2. The Balaban J connectivity index is 3.65. The Kier molecular flexibility index (Phi) is 9.00. The second kappa shape index (κ2) is 9.46. The molecule has 0 aromatic heterocycles. The first-order chi connectivity index (χ1) is 6.35. The van der Waals surface area contributed by atoms with Crippen LogP contribution in [0.5, 0.6) is 0 Å². The van der Waals surface area contributed by atoms with E-state index in [9.17, 15) is 4.79 Å². The fourth-order valence-corrected chi connectivity index (χ4v) is 1.07. The van der Waals surface area contributed by atoms with E-state index in [1.54, 1.807) is 0 Å². The van der Waals surface area contributed by atoms with Crippen molar-refractivity contribution in [3.8, 4) is 0 Å². The lowest BCUT2D eigenvalue weighted by molar-refractivity contribution is -0.104. The highest BCUT2D eigenvalue weighted by molar-refractivity contribution is 5.64. The average Bonchev–Trinajstić information content (AvgIpc) is 2.14. The number of allylic oxidation sites excluding steroid dienone is 1. The minimum Gasteiger partial charge on any atom is -0.374 e. The predicted octanol–water partition coefficient (Wildman–Crippen LogP) is 2.73. The molecule has 0 aromatic rings. The highest BCUT2D eigenvalue weighted by Crippen LogP contribution is 2.04. The number of carbonyl (C=O) groups excluding carboxylic acids is 1. The highest BCUT2D eigenvalue weighted by Gasteiger charge is 2.01. The summed E-state index contributed by atoms with van der Waals surface area (Å²) in [5, 5.41) is 0. The SMILES string of the molecule is CCCCOC(C=CC=O)CCC. The third-order valence-corrected chi connectivity index (χ3v) is 1.81. The zero-order valence-corrected chi connectivity index (χ0v) is 8.66. The minimum absolute atomic E-state index is 0.127. The Hall–Kier alpha value is -0.630. The molecule has 0 fully saturated rings. The van der Waals surface area contributed by atoms with Gasteiger partial charge in [0.15, 0.2) is 0 Å². The quantitative estimate of drug-likeness (QED) is 0.329. The second-order valence-corrected chi connectivity index (χ2v) is 3.07. The van der Waals surface area contributed by atoms with Gasteiger partial charge in [0.25, 0.3) is 0 Å². The van der Waals surface area contributed by atoms with Gasteiger partial charge in [-0.3, -0.25) is 4.79 Å². The average molecular weight is 184 g/mol. The molecule has 0 aliphatic carbocycles. The Bertz CT molecular complexity index is 141. The fourth-order valence-electron chi connectivity index (χ4n) is 1.07. The maximum absolute atomic E-state index is 10.1. The van der Waals surface area contributed by atoms with Crippen LogP contribution in [0, 0.1) is 0 Å². The first-order valence-corrected chi connectivity index (χ1v) is 5.08. The lowest BCUT2D eigenvalue weighted by Gasteiger charge is -2.12. The monoisotopic (exact) mass is 184 g/mol. The number of unbranched alkanes of at least 4 members (excludes halogenated alkanes) is 1. The number of carbonyl (C=O) groups is 1. The molecule has 0 spiro atoms. The topological polar surface area (TPSA) is 26.3 Å². The zero-order valence-electron chi connectivity index (χ0n) is 8.66. The molecule has 1 unspecified atom stereocenters. The summed E-state index contributed by atoms with van der Waals surface area (Å²) in [4.78, 5) is 10.1. The summed E-state index contributed by atoms with van der Waals surface area (Å²) in [6.45, 7) is 5.05. The molecule has 0 amide bonds. The van der Waals surface area contributed by atoms with Crippen LogP contribution < -0.4 is 0 Å². The van der Waals surface area contributed by atoms with E-state index in [-0.39, 0.29) is 6.10 Å². The van der Waals surface area contributed by atoms with Gasteiger partial charge in [-0.05, 0) is 18.9 Å². The van der Waals surface area contributed by atoms with Crippen molar-refractivity contribution < 1.29 is 9.53 Å². The van der Waals surface area contributed by atoms with E-state index in [0.29, 0.717) is 0 Å². The molecule has 0 radical (unpaired) electrons. The summed E-state index contributed by atoms with van der Waals surface area (Å²) in [6.07, 6.45) is 8.60. The van der Waals surface area contributed by atoms with Crippen LogP contribution in [0.2, 0.25) is 0 Å². The molecule has 0 bridgehead atoms. The van der Waals surface area contributed by atoms with Crippen LogP contribution in [0.15, 0.2) is 12.2 Å². The molecule has 0 heterocycles. The van der Waals surface area contributed by atoms with Gasteiger partial charge in [-0.1, -0.05) is 32.8 Å². The van der Waals surface area contributed by atoms with E-state index in [1.807, 2.05) is 6.08 Å². The van der Waals surface area contributed by atoms with Gasteiger partial charge in [0.05, 0.1) is 6.10 Å². The van der Waals surface area contributed by atoms with E-state index in [0.717, 1.165) is 38.6 Å². The molecule has 0 N–H and O–H groups in total. The van der Waals surface area contributed by atoms with Crippen LogP contribution in [-0.2, 0) is 9.53 Å². The molecule has 2 nitrogen and oxygen atoms in total. The van der Waals surface area contributed by atoms with E-state index < -0.39 is 0 Å². The number of ether oxygens (including phenoxy) is 1. The lowest BCUT2D eigenvalue weighted by atomic mass is 10.2. The fraction of sp³-hybridized carbons (Fsp3) is 0.727. The predicted molar refractivity (Wildman–Crippen MR) is 54.8 cm³/mol. The van der Waals surface area contributed by atoms with Crippen molar-refractivity contribution in [1.82, 2.24) is 0 Å². The molecule has 13 heavy (non-hydrogen) atoms. The zero-order chi connectivity index (χ0) is 9.94. The Morgan fingerprint density at radius 1 is 1.31 bits per heavy atom. The third kappa shape index (κ3) is 7.72. The molecule has 0 saturated carbocycles. The summed E-state index contributed by atoms with van der Waals surface area (Å²) >= 11 is 0. The van der Waals surface area contributed by atoms with Crippen molar-refractivity contribution in [2.24, 2.45) is 0 Å². The molecule has 0 aromatic carbocycles. The van der Waals surface area contributed by atoms with Gasteiger partial charge in [-0.2, -0.15) is 0 Å². The van der Waals surface area contributed by atoms with Gasteiger partial charge in [-0.15, -0.1) is 0 Å². The van der Waals surface area contributed by atoms with Crippen molar-refractivity contribution in [2.45, 2.75) is 45.6 Å². The summed E-state index contributed by atoms with van der Waals surface area (Å²) in [6, 6.07) is 0. The molecular weight excluding hydrogens is 164 g/mol. The highest BCUT2D eigenvalue weighted by atomic mass is 16.5. The maximum atomic E-state index is 10.1. The van der Waals surface area contributed by atoms with Crippen LogP contribution in [-0.4, -0.2) is 19.0 Å². The van der Waals surface area contributed by atoms with Gasteiger partial charge in [0, 0.05) is 6.61 Å². The number of rotatable bonds is 8. The summed E-state index contributed by atoms with van der Waals surface area (Å²) in [7, 11) is 0. The summed E-state index contributed by atoms with van der Waals surface area (Å²) in [5.74, 6) is 0. The van der Waals surface area contributed by atoms with Crippen molar-refractivity contribution in [2.75, 3.05) is 6.61 Å². The van der Waals surface area contributed by atoms with E-state index in [1.165, 1.54) is 6.08 Å². The van der Waals surface area contributed by atoms with Crippen LogP contribution in [0.25, 0.3) is 0 Å². The van der Waals surface area contributed by atoms with E-state index in [2.05, 4.69) is 13.8 Å². The van der Waals surface area contributed by atoms with Crippen molar-refractivity contribution in [1.29, 1.82) is 0 Å². The molecule has 76 valence electrons. The minimum atomic E-state index is 0.127. The number of aldehydes is 1. The van der Waals surface area contributed by atoms with Gasteiger partial charge in [0.2, 0.25) is 0 Å². The van der Waals surface area contributed by atoms with Crippen LogP contribution in [0.3, 0.4) is 0 Å². The van der Waals surface area contributed by atoms with Crippen molar-refractivity contribution in [3.05, 3.63) is 12.2 Å². The smallest absolute Gasteiger partial charge is 0.142 e. The first-order valence-electron chi connectivity index (χ1n) is 5.08. The number of hydrogen-bond donors (Lipinski definition) is 0. The third-order valence-electron chi connectivity index (χ3n) is 1.81. The summed E-state index contributed by atoms with van der Waals surface area (Å²) in [5.41, 5.74) is 0. The largest absolute Gasteiger partial charge is 0.374 e. The van der Waals surface area contributed by atoms with Crippen LogP contribution >= 0.6 is 0 Å². The molecular formula is C11H20O2. The van der Waals surface area contributed by atoms with E-state index in [4.69, 9.17) is 4.74 Å². The molecule has 0 rings (SSSR count). The Morgan fingerprint density at radius 2 is 2.08 bits per heavy atom. The Morgan fingerprint density at radius 3 is 2.62 bits per heavy atom. The molecule has 0 saturated heterocycles. The first kappa shape index (κ1) is 12.4. The molecule has 2 heteroatoms. The maximum Gasteiger partial charge on any atom is 0.142 e. The van der Waals surface area contributed by atoms with Crippen LogP contribution in [0.1, 0.15) is 39.5 Å². The van der Waals surface area contributed by atoms with Gasteiger partial charge in [0.1, 0.15) is 6.29 Å².